The molecule has 0 unspecified atom stereocenters. The van der Waals surface area contributed by atoms with Gasteiger partial charge in [-0.15, -0.1) is 0 Å². The van der Waals surface area contributed by atoms with Crippen molar-refractivity contribution in [3.8, 4) is 0 Å². The van der Waals surface area contributed by atoms with E-state index in [-0.39, 0.29) is 0 Å². The molecule has 0 fully saturated rings. The molecule has 0 amide bonds. The van der Waals surface area contributed by atoms with Crippen molar-refractivity contribution in [1.82, 2.24) is 15.0 Å². The van der Waals surface area contributed by atoms with Crippen molar-refractivity contribution in [2.24, 2.45) is 0 Å². The summed E-state index contributed by atoms with van der Waals surface area (Å²) in [6, 6.07) is 19.3. The van der Waals surface area contributed by atoms with Gasteiger partial charge in [0.2, 0.25) is 5.95 Å². The Morgan fingerprint density at radius 2 is 1.65 bits per heavy atom. The second kappa shape index (κ2) is 6.98. The molecule has 0 radical (unpaired) electrons. The van der Waals surface area contributed by atoms with Crippen LogP contribution in [-0.2, 0) is 0 Å². The number of anilines is 4. The van der Waals surface area contributed by atoms with Gasteiger partial charge in [0.05, 0.1) is 21.9 Å². The Bertz CT molecular complexity index is 1080. The molecule has 6 heteroatoms. The number of fused-ring (bicyclic) bond motifs is 1. The number of nitrogens with zero attached hydrogens (tertiary/aromatic N) is 3. The van der Waals surface area contributed by atoms with Gasteiger partial charge in [-0.1, -0.05) is 41.9 Å². The van der Waals surface area contributed by atoms with E-state index in [1.165, 1.54) is 0 Å². The van der Waals surface area contributed by atoms with E-state index in [0.29, 0.717) is 16.8 Å². The second-order valence-corrected chi connectivity index (χ2v) is 6.24. The summed E-state index contributed by atoms with van der Waals surface area (Å²) in [4.78, 5) is 13.5. The first-order valence-corrected chi connectivity index (χ1v) is 8.55. The van der Waals surface area contributed by atoms with E-state index in [1.54, 1.807) is 6.20 Å². The lowest BCUT2D eigenvalue weighted by Gasteiger charge is -2.12. The maximum Gasteiger partial charge on any atom is 0.229 e. The number of hydrogen-bond acceptors (Lipinski definition) is 5. The lowest BCUT2D eigenvalue weighted by Crippen LogP contribution is -2.03. The summed E-state index contributed by atoms with van der Waals surface area (Å²) < 4.78 is 0. The molecular weight excluding hydrogens is 346 g/mol. The SMILES string of the molecule is Cc1cc(Nc2cccc3cccnc23)nc(Nc2ccccc2Cl)n1. The third-order valence-electron chi connectivity index (χ3n) is 3.87. The third kappa shape index (κ3) is 3.43. The van der Waals surface area contributed by atoms with Gasteiger partial charge in [0, 0.05) is 23.3 Å². The van der Waals surface area contributed by atoms with Gasteiger partial charge in [0.1, 0.15) is 5.82 Å². The molecule has 2 aromatic heterocycles. The van der Waals surface area contributed by atoms with Crippen molar-refractivity contribution in [2.45, 2.75) is 6.92 Å². The van der Waals surface area contributed by atoms with Gasteiger partial charge >= 0.3 is 0 Å². The highest BCUT2D eigenvalue weighted by molar-refractivity contribution is 6.33. The largest absolute Gasteiger partial charge is 0.338 e. The van der Waals surface area contributed by atoms with Crippen molar-refractivity contribution in [2.75, 3.05) is 10.6 Å². The Kier molecular flexibility index (Phi) is 4.37. The maximum atomic E-state index is 6.21. The quantitative estimate of drug-likeness (QED) is 0.504. The molecule has 4 aromatic rings. The van der Waals surface area contributed by atoms with Gasteiger partial charge in [0.25, 0.3) is 0 Å². The van der Waals surface area contributed by atoms with Crippen molar-refractivity contribution >= 4 is 45.6 Å². The van der Waals surface area contributed by atoms with Crippen LogP contribution in [0.4, 0.5) is 23.1 Å². The number of pyridine rings is 1. The van der Waals surface area contributed by atoms with E-state index in [1.807, 2.05) is 67.6 Å². The van der Waals surface area contributed by atoms with E-state index in [0.717, 1.165) is 28.0 Å². The molecule has 0 saturated carbocycles. The predicted molar refractivity (Wildman–Crippen MR) is 107 cm³/mol. The van der Waals surface area contributed by atoms with Crippen LogP contribution in [0.5, 0.6) is 0 Å². The van der Waals surface area contributed by atoms with Gasteiger partial charge in [-0.3, -0.25) is 4.98 Å². The van der Waals surface area contributed by atoms with Crippen molar-refractivity contribution < 1.29 is 0 Å². The predicted octanol–water partition coefficient (Wildman–Crippen LogP) is 5.47. The van der Waals surface area contributed by atoms with E-state index >= 15 is 0 Å². The molecule has 2 N–H and O–H groups in total. The number of para-hydroxylation sites is 2. The molecule has 0 aliphatic carbocycles. The molecule has 26 heavy (non-hydrogen) atoms. The highest BCUT2D eigenvalue weighted by Gasteiger charge is 2.07. The molecule has 2 heterocycles. The average Bonchev–Trinajstić information content (AvgIpc) is 2.64. The fraction of sp³-hybridized carbons (Fsp3) is 0.0500. The third-order valence-corrected chi connectivity index (χ3v) is 4.20. The average molecular weight is 362 g/mol. The van der Waals surface area contributed by atoms with Crippen LogP contribution in [0.3, 0.4) is 0 Å². The fourth-order valence-corrected chi connectivity index (χ4v) is 2.90. The van der Waals surface area contributed by atoms with Gasteiger partial charge in [-0.05, 0) is 31.2 Å². The Balaban J connectivity index is 1.67. The van der Waals surface area contributed by atoms with Crippen LogP contribution in [0.25, 0.3) is 10.9 Å². The monoisotopic (exact) mass is 361 g/mol. The molecule has 0 spiro atoms. The van der Waals surface area contributed by atoms with Crippen LogP contribution in [-0.4, -0.2) is 15.0 Å². The van der Waals surface area contributed by atoms with E-state index < -0.39 is 0 Å². The summed E-state index contributed by atoms with van der Waals surface area (Å²) in [5, 5.41) is 8.19. The van der Waals surface area contributed by atoms with Crippen molar-refractivity contribution in [1.29, 1.82) is 0 Å². The number of halogens is 1. The highest BCUT2D eigenvalue weighted by atomic mass is 35.5. The zero-order valence-corrected chi connectivity index (χ0v) is 14.8. The molecular formula is C20H16ClN5. The number of aryl methyl sites for hydroxylation is 1. The number of hydrogen-bond donors (Lipinski definition) is 2. The van der Waals surface area contributed by atoms with Gasteiger partial charge in [-0.2, -0.15) is 4.98 Å². The minimum Gasteiger partial charge on any atom is -0.338 e. The molecule has 0 aliphatic rings. The lowest BCUT2D eigenvalue weighted by atomic mass is 10.2. The zero-order valence-electron chi connectivity index (χ0n) is 14.1. The zero-order chi connectivity index (χ0) is 17.9. The molecule has 0 atom stereocenters. The van der Waals surface area contributed by atoms with E-state index in [4.69, 9.17) is 11.6 Å². The molecule has 0 aliphatic heterocycles. The Labute approximate surface area is 156 Å². The van der Waals surface area contributed by atoms with Crippen molar-refractivity contribution in [3.63, 3.8) is 0 Å². The van der Waals surface area contributed by atoms with E-state index in [9.17, 15) is 0 Å². The lowest BCUT2D eigenvalue weighted by molar-refractivity contribution is 1.11. The number of benzene rings is 2. The molecule has 0 saturated heterocycles. The summed E-state index contributed by atoms with van der Waals surface area (Å²) in [6.07, 6.45) is 1.78. The summed E-state index contributed by atoms with van der Waals surface area (Å²) in [5.74, 6) is 1.17. The Hall–Kier alpha value is -3.18. The maximum absolute atomic E-state index is 6.21. The topological polar surface area (TPSA) is 62.7 Å². The van der Waals surface area contributed by atoms with Crippen LogP contribution in [0.15, 0.2) is 66.9 Å². The first-order valence-electron chi connectivity index (χ1n) is 8.17. The van der Waals surface area contributed by atoms with Crippen LogP contribution < -0.4 is 10.6 Å². The number of rotatable bonds is 4. The van der Waals surface area contributed by atoms with Crippen LogP contribution in [0, 0.1) is 6.92 Å². The normalized spacial score (nSPS) is 10.7. The molecule has 4 rings (SSSR count). The molecule has 0 bridgehead atoms. The molecule has 5 nitrogen and oxygen atoms in total. The number of aromatic nitrogens is 3. The van der Waals surface area contributed by atoms with Gasteiger partial charge in [0.15, 0.2) is 0 Å². The summed E-state index contributed by atoms with van der Waals surface area (Å²) >= 11 is 6.21. The summed E-state index contributed by atoms with van der Waals surface area (Å²) in [7, 11) is 0. The minimum atomic E-state index is 0.480. The first-order chi connectivity index (χ1) is 12.7. The van der Waals surface area contributed by atoms with Crippen LogP contribution >= 0.6 is 11.6 Å². The molecule has 128 valence electrons. The number of nitrogens with one attached hydrogen (secondary N) is 2. The minimum absolute atomic E-state index is 0.480. The summed E-state index contributed by atoms with van der Waals surface area (Å²) in [5.41, 5.74) is 3.39. The first kappa shape index (κ1) is 16.3. The van der Waals surface area contributed by atoms with Crippen molar-refractivity contribution in [3.05, 3.63) is 77.6 Å². The van der Waals surface area contributed by atoms with E-state index in [2.05, 4.69) is 25.6 Å². The highest BCUT2D eigenvalue weighted by Crippen LogP contribution is 2.26. The summed E-state index contributed by atoms with van der Waals surface area (Å²) in [6.45, 7) is 1.92. The second-order valence-electron chi connectivity index (χ2n) is 5.83. The Morgan fingerprint density at radius 3 is 2.54 bits per heavy atom. The fourth-order valence-electron chi connectivity index (χ4n) is 2.71. The standard InChI is InChI=1S/C20H16ClN5/c1-13-12-18(24-17-10-4-6-14-7-5-11-22-19(14)17)26-20(23-13)25-16-9-3-2-8-15(16)21/h2-12H,1H3,(H2,23,24,25,26). The van der Waals surface area contributed by atoms with Crippen LogP contribution in [0.2, 0.25) is 5.02 Å². The Morgan fingerprint density at radius 1 is 0.846 bits per heavy atom. The van der Waals surface area contributed by atoms with Gasteiger partial charge in [-0.25, -0.2) is 4.98 Å². The van der Waals surface area contributed by atoms with Crippen LogP contribution in [0.1, 0.15) is 5.69 Å². The van der Waals surface area contributed by atoms with Gasteiger partial charge < -0.3 is 10.6 Å². The molecule has 2 aromatic carbocycles. The smallest absolute Gasteiger partial charge is 0.229 e.